The molecule has 0 amide bonds. The van der Waals surface area contributed by atoms with Crippen LogP contribution in [0.1, 0.15) is 23.6 Å². The maximum Gasteiger partial charge on any atom is 0.416 e. The van der Waals surface area contributed by atoms with Gasteiger partial charge in [-0.3, -0.25) is 0 Å². The Balaban J connectivity index is 1.82. The van der Waals surface area contributed by atoms with Crippen LogP contribution in [-0.4, -0.2) is 20.1 Å². The van der Waals surface area contributed by atoms with Gasteiger partial charge in [-0.2, -0.15) is 13.2 Å². The highest BCUT2D eigenvalue weighted by molar-refractivity contribution is 6.28. The van der Waals surface area contributed by atoms with Crippen LogP contribution in [0.15, 0.2) is 58.5 Å². The van der Waals surface area contributed by atoms with Crippen molar-refractivity contribution in [2.45, 2.75) is 19.7 Å². The summed E-state index contributed by atoms with van der Waals surface area (Å²) in [6, 6.07) is 11.7. The first-order chi connectivity index (χ1) is 13.7. The zero-order valence-corrected chi connectivity index (χ0v) is 16.2. The van der Waals surface area contributed by atoms with E-state index in [4.69, 9.17) is 16.4 Å². The Morgan fingerprint density at radius 3 is 2.59 bits per heavy atom. The molecule has 1 heterocycles. The van der Waals surface area contributed by atoms with E-state index in [2.05, 4.69) is 10.3 Å². The molecule has 0 radical (unpaired) electrons. The van der Waals surface area contributed by atoms with Crippen LogP contribution in [-0.2, 0) is 24.7 Å². The molecule has 1 aromatic heterocycles. The van der Waals surface area contributed by atoms with Crippen LogP contribution < -0.4 is 5.69 Å². The number of alkyl halides is 3. The lowest BCUT2D eigenvalue weighted by Gasteiger charge is -2.10. The molecule has 10 heteroatoms. The molecule has 0 saturated carbocycles. The summed E-state index contributed by atoms with van der Waals surface area (Å²) >= 11 is 6.04. The van der Waals surface area contributed by atoms with Crippen LogP contribution in [0, 0.1) is 0 Å². The van der Waals surface area contributed by atoms with Gasteiger partial charge in [-0.15, -0.1) is 5.10 Å². The molecule has 0 aliphatic heterocycles. The highest BCUT2D eigenvalue weighted by Crippen LogP contribution is 2.29. The van der Waals surface area contributed by atoms with Crippen molar-refractivity contribution in [2.75, 3.05) is 0 Å². The van der Waals surface area contributed by atoms with Crippen molar-refractivity contribution in [3.63, 3.8) is 0 Å². The molecule has 0 N–H and O–H groups in total. The summed E-state index contributed by atoms with van der Waals surface area (Å²) in [5.41, 5.74) is 0.462. The number of nitrogens with zero attached hydrogens (tertiary/aromatic N) is 4. The number of halogens is 4. The van der Waals surface area contributed by atoms with Crippen LogP contribution in [0.25, 0.3) is 5.69 Å². The van der Waals surface area contributed by atoms with Gasteiger partial charge in [-0.1, -0.05) is 35.5 Å². The smallest absolute Gasteiger partial charge is 0.391 e. The molecule has 152 valence electrons. The summed E-state index contributed by atoms with van der Waals surface area (Å²) in [5.74, 6) is 0. The molecular formula is C19H16ClF3N4O2. The lowest BCUT2D eigenvalue weighted by atomic mass is 10.1. The van der Waals surface area contributed by atoms with Gasteiger partial charge in [0.05, 0.1) is 17.0 Å². The molecule has 3 aromatic rings. The van der Waals surface area contributed by atoms with E-state index in [-0.39, 0.29) is 17.6 Å². The Bertz CT molecular complexity index is 1120. The van der Waals surface area contributed by atoms with Crippen molar-refractivity contribution >= 4 is 17.3 Å². The Morgan fingerprint density at radius 2 is 1.93 bits per heavy atom. The molecule has 0 fully saturated rings. The van der Waals surface area contributed by atoms with Gasteiger partial charge in [-0.25, -0.2) is 14.0 Å². The molecular weight excluding hydrogens is 409 g/mol. The van der Waals surface area contributed by atoms with Gasteiger partial charge >= 0.3 is 11.9 Å². The van der Waals surface area contributed by atoms with Crippen LogP contribution in [0.5, 0.6) is 0 Å². The number of hydrogen-bond donors (Lipinski definition) is 0. The SMILES string of the molecule is CC(=NOCc1ccccc1-n1c(Cl)nn(C)c1=O)c1cccc(C(F)(F)F)c1. The minimum atomic E-state index is -4.44. The second kappa shape index (κ2) is 8.12. The van der Waals surface area contributed by atoms with Gasteiger partial charge in [0, 0.05) is 12.6 Å². The summed E-state index contributed by atoms with van der Waals surface area (Å²) in [6.45, 7) is 1.52. The largest absolute Gasteiger partial charge is 0.416 e. The van der Waals surface area contributed by atoms with E-state index in [9.17, 15) is 18.0 Å². The van der Waals surface area contributed by atoms with Gasteiger partial charge < -0.3 is 4.84 Å². The molecule has 29 heavy (non-hydrogen) atoms. The van der Waals surface area contributed by atoms with E-state index in [1.807, 2.05) is 0 Å². The summed E-state index contributed by atoms with van der Waals surface area (Å²) in [5, 5.41) is 7.78. The molecule has 0 unspecified atom stereocenters. The van der Waals surface area contributed by atoms with Crippen LogP contribution in [0.2, 0.25) is 5.28 Å². The van der Waals surface area contributed by atoms with E-state index in [1.54, 1.807) is 31.2 Å². The van der Waals surface area contributed by atoms with Gasteiger partial charge in [0.15, 0.2) is 0 Å². The molecule has 0 bridgehead atoms. The summed E-state index contributed by atoms with van der Waals surface area (Å²) in [7, 11) is 1.48. The van der Waals surface area contributed by atoms with Gasteiger partial charge in [0.25, 0.3) is 0 Å². The Morgan fingerprint density at radius 1 is 1.21 bits per heavy atom. The Kier molecular flexibility index (Phi) is 5.78. The minimum absolute atomic E-state index is 0.00593. The lowest BCUT2D eigenvalue weighted by Crippen LogP contribution is -2.22. The molecule has 0 atom stereocenters. The highest BCUT2D eigenvalue weighted by atomic mass is 35.5. The Hall–Kier alpha value is -3.07. The summed E-state index contributed by atoms with van der Waals surface area (Å²) in [4.78, 5) is 17.6. The fourth-order valence-electron chi connectivity index (χ4n) is 2.66. The average molecular weight is 425 g/mol. The van der Waals surface area contributed by atoms with Crippen LogP contribution in [0.4, 0.5) is 13.2 Å². The number of para-hydroxylation sites is 1. The van der Waals surface area contributed by atoms with E-state index in [0.29, 0.717) is 16.8 Å². The topological polar surface area (TPSA) is 61.4 Å². The summed E-state index contributed by atoms with van der Waals surface area (Å²) in [6.07, 6.45) is -4.44. The lowest BCUT2D eigenvalue weighted by molar-refractivity contribution is -0.137. The van der Waals surface area contributed by atoms with Crippen molar-refractivity contribution in [1.29, 1.82) is 0 Å². The first kappa shape index (κ1) is 20.7. The van der Waals surface area contributed by atoms with Crippen molar-refractivity contribution < 1.29 is 18.0 Å². The highest BCUT2D eigenvalue weighted by Gasteiger charge is 2.30. The first-order valence-electron chi connectivity index (χ1n) is 8.42. The third-order valence-electron chi connectivity index (χ3n) is 4.15. The predicted octanol–water partition coefficient (Wildman–Crippen LogP) is 4.18. The molecule has 0 spiro atoms. The van der Waals surface area contributed by atoms with E-state index in [1.165, 1.54) is 23.7 Å². The number of aromatic nitrogens is 3. The second-order valence-electron chi connectivity index (χ2n) is 6.17. The second-order valence-corrected chi connectivity index (χ2v) is 6.51. The standard InChI is InChI=1S/C19H16ClF3N4O2/c1-12(13-7-5-8-15(10-13)19(21,22)23)25-29-11-14-6-3-4-9-16(14)27-17(20)24-26(2)18(27)28/h3-10H,11H2,1-2H3. The third-order valence-corrected chi connectivity index (χ3v) is 4.39. The van der Waals surface area contributed by atoms with Gasteiger partial charge in [-0.05, 0) is 42.3 Å². The van der Waals surface area contributed by atoms with Crippen molar-refractivity contribution in [2.24, 2.45) is 12.2 Å². The number of aryl methyl sites for hydroxylation is 1. The van der Waals surface area contributed by atoms with E-state index in [0.717, 1.165) is 16.8 Å². The third kappa shape index (κ3) is 4.51. The fourth-order valence-corrected chi connectivity index (χ4v) is 2.94. The Labute approximate surface area is 168 Å². The van der Waals surface area contributed by atoms with Crippen molar-refractivity contribution in [1.82, 2.24) is 14.3 Å². The maximum absolute atomic E-state index is 12.9. The summed E-state index contributed by atoms with van der Waals surface area (Å²) < 4.78 is 40.9. The number of oxime groups is 1. The molecule has 0 saturated heterocycles. The van der Waals surface area contributed by atoms with Gasteiger partial charge in [0.1, 0.15) is 6.61 Å². The predicted molar refractivity (Wildman–Crippen MR) is 102 cm³/mol. The van der Waals surface area contributed by atoms with Crippen LogP contribution >= 0.6 is 11.6 Å². The number of hydrogen-bond acceptors (Lipinski definition) is 4. The first-order valence-corrected chi connectivity index (χ1v) is 8.80. The van der Waals surface area contributed by atoms with Crippen molar-refractivity contribution in [3.05, 3.63) is 81.0 Å². The average Bonchev–Trinajstić information content (AvgIpc) is 2.93. The maximum atomic E-state index is 12.9. The normalized spacial score (nSPS) is 12.3. The fraction of sp³-hybridized carbons (Fsp3) is 0.211. The van der Waals surface area contributed by atoms with Crippen molar-refractivity contribution in [3.8, 4) is 5.69 Å². The molecule has 2 aromatic carbocycles. The molecule has 0 aliphatic carbocycles. The monoisotopic (exact) mass is 424 g/mol. The van der Waals surface area contributed by atoms with Gasteiger partial charge in [0.2, 0.25) is 5.28 Å². The molecule has 6 nitrogen and oxygen atoms in total. The number of rotatable bonds is 5. The van der Waals surface area contributed by atoms with E-state index < -0.39 is 17.4 Å². The molecule has 3 rings (SSSR count). The zero-order valence-electron chi connectivity index (χ0n) is 15.4. The number of benzene rings is 2. The quantitative estimate of drug-likeness (QED) is 0.456. The minimum Gasteiger partial charge on any atom is -0.391 e. The van der Waals surface area contributed by atoms with E-state index >= 15 is 0 Å². The zero-order chi connectivity index (χ0) is 21.2. The van der Waals surface area contributed by atoms with Crippen LogP contribution in [0.3, 0.4) is 0 Å². The molecule has 0 aliphatic rings.